The molecular formula is C17H19NO3. The molecule has 4 nitrogen and oxygen atoms in total. The van der Waals surface area contributed by atoms with Crippen LogP contribution in [0.4, 0.5) is 0 Å². The second kappa shape index (κ2) is 5.74. The summed E-state index contributed by atoms with van der Waals surface area (Å²) in [5.74, 6) is -0.00650. The first-order chi connectivity index (χ1) is 10.2. The summed E-state index contributed by atoms with van der Waals surface area (Å²) in [4.78, 5) is 14.6. The molecular weight excluding hydrogens is 266 g/mol. The van der Waals surface area contributed by atoms with Crippen molar-refractivity contribution in [1.82, 2.24) is 4.90 Å². The van der Waals surface area contributed by atoms with Gasteiger partial charge in [0.2, 0.25) is 0 Å². The van der Waals surface area contributed by atoms with Crippen LogP contribution in [0.5, 0.6) is 0 Å². The Bertz CT molecular complexity index is 594. The molecule has 1 aromatic carbocycles. The fourth-order valence-electron chi connectivity index (χ4n) is 2.95. The Hall–Kier alpha value is -2.07. The molecule has 0 unspecified atom stereocenters. The molecule has 0 radical (unpaired) electrons. The topological polar surface area (TPSA) is 42.7 Å². The van der Waals surface area contributed by atoms with Crippen LogP contribution in [0.15, 0.2) is 53.3 Å². The average Bonchev–Trinajstić information content (AvgIpc) is 3.02. The van der Waals surface area contributed by atoms with E-state index in [1.54, 1.807) is 6.07 Å². The van der Waals surface area contributed by atoms with E-state index in [4.69, 9.17) is 9.15 Å². The Morgan fingerprint density at radius 1 is 1.19 bits per heavy atom. The van der Waals surface area contributed by atoms with Gasteiger partial charge in [0.25, 0.3) is 5.91 Å². The van der Waals surface area contributed by atoms with Crippen LogP contribution in [0.25, 0.3) is 0 Å². The third kappa shape index (κ3) is 2.59. The number of hydrogen-bond acceptors (Lipinski definition) is 3. The lowest BCUT2D eigenvalue weighted by Gasteiger charge is -2.43. The van der Waals surface area contributed by atoms with Gasteiger partial charge in [0.05, 0.1) is 30.5 Å². The van der Waals surface area contributed by atoms with Crippen molar-refractivity contribution < 1.29 is 13.9 Å². The SMILES string of the molecule is C[C@@H]1CO[C@@H](c2ccccc2)[C@H](C)N1C(=O)c1ccoc1. The minimum absolute atomic E-state index is 0.00650. The fraction of sp³-hybridized carbons (Fsp3) is 0.353. The van der Waals surface area contributed by atoms with Crippen LogP contribution in [0.1, 0.15) is 35.9 Å². The molecule has 0 spiro atoms. The molecule has 1 aliphatic rings. The van der Waals surface area contributed by atoms with E-state index in [9.17, 15) is 4.79 Å². The zero-order valence-electron chi connectivity index (χ0n) is 12.2. The third-order valence-corrected chi connectivity index (χ3v) is 4.00. The molecule has 1 saturated heterocycles. The van der Waals surface area contributed by atoms with Gasteiger partial charge in [-0.05, 0) is 25.5 Å². The molecule has 0 bridgehead atoms. The molecule has 3 atom stereocenters. The first-order valence-electron chi connectivity index (χ1n) is 7.20. The molecule has 4 heteroatoms. The second-order valence-electron chi connectivity index (χ2n) is 5.48. The first-order valence-corrected chi connectivity index (χ1v) is 7.20. The van der Waals surface area contributed by atoms with Crippen LogP contribution in [-0.4, -0.2) is 29.5 Å². The molecule has 0 aliphatic carbocycles. The predicted octanol–water partition coefficient (Wildman–Crippen LogP) is 3.27. The van der Waals surface area contributed by atoms with E-state index in [1.165, 1.54) is 12.5 Å². The lowest BCUT2D eigenvalue weighted by molar-refractivity contribution is -0.0806. The highest BCUT2D eigenvalue weighted by Crippen LogP contribution is 2.31. The highest BCUT2D eigenvalue weighted by Gasteiger charge is 2.37. The summed E-state index contributed by atoms with van der Waals surface area (Å²) in [6.45, 7) is 4.58. The van der Waals surface area contributed by atoms with E-state index in [1.807, 2.05) is 49.1 Å². The Kier molecular flexibility index (Phi) is 3.80. The maximum atomic E-state index is 12.7. The number of carbonyl (C=O) groups is 1. The number of amides is 1. The lowest BCUT2D eigenvalue weighted by Crippen LogP contribution is -2.53. The van der Waals surface area contributed by atoms with Gasteiger partial charge in [0.15, 0.2) is 0 Å². The van der Waals surface area contributed by atoms with Crippen molar-refractivity contribution in [3.63, 3.8) is 0 Å². The predicted molar refractivity (Wildman–Crippen MR) is 78.9 cm³/mol. The first kappa shape index (κ1) is 13.9. The molecule has 3 rings (SSSR count). The number of rotatable bonds is 2. The van der Waals surface area contributed by atoms with Gasteiger partial charge in [0.1, 0.15) is 12.4 Å². The minimum atomic E-state index is -0.0988. The van der Waals surface area contributed by atoms with E-state index in [0.29, 0.717) is 12.2 Å². The summed E-state index contributed by atoms with van der Waals surface area (Å²) in [6, 6.07) is 11.8. The third-order valence-electron chi connectivity index (χ3n) is 4.00. The Balaban J connectivity index is 1.87. The van der Waals surface area contributed by atoms with Crippen LogP contribution in [0, 0.1) is 0 Å². The maximum absolute atomic E-state index is 12.7. The molecule has 1 fully saturated rings. The van der Waals surface area contributed by atoms with E-state index in [-0.39, 0.29) is 24.1 Å². The highest BCUT2D eigenvalue weighted by molar-refractivity contribution is 5.94. The zero-order chi connectivity index (χ0) is 14.8. The molecule has 110 valence electrons. The standard InChI is InChI=1S/C17H19NO3/c1-12-10-21-16(14-6-4-3-5-7-14)13(2)18(12)17(19)15-8-9-20-11-15/h3-9,11-13,16H,10H2,1-2H3/t12-,13+,16-/m1/s1. The summed E-state index contributed by atoms with van der Waals surface area (Å²) in [5, 5.41) is 0. The van der Waals surface area contributed by atoms with Crippen molar-refractivity contribution >= 4 is 5.91 Å². The van der Waals surface area contributed by atoms with E-state index < -0.39 is 0 Å². The van der Waals surface area contributed by atoms with E-state index >= 15 is 0 Å². The van der Waals surface area contributed by atoms with Crippen LogP contribution in [-0.2, 0) is 4.74 Å². The minimum Gasteiger partial charge on any atom is -0.472 e. The molecule has 1 amide bonds. The van der Waals surface area contributed by atoms with E-state index in [0.717, 1.165) is 5.56 Å². The van der Waals surface area contributed by atoms with Crippen LogP contribution < -0.4 is 0 Å². The molecule has 0 saturated carbocycles. The number of carbonyl (C=O) groups excluding carboxylic acids is 1. The Labute approximate surface area is 124 Å². The smallest absolute Gasteiger partial charge is 0.257 e. The van der Waals surface area contributed by atoms with Crippen molar-refractivity contribution in [2.45, 2.75) is 32.0 Å². The van der Waals surface area contributed by atoms with Gasteiger partial charge in [-0.25, -0.2) is 0 Å². The van der Waals surface area contributed by atoms with Gasteiger partial charge in [-0.3, -0.25) is 4.79 Å². The van der Waals surface area contributed by atoms with Crippen molar-refractivity contribution in [1.29, 1.82) is 0 Å². The number of ether oxygens (including phenoxy) is 1. The van der Waals surface area contributed by atoms with Gasteiger partial charge in [0, 0.05) is 0 Å². The molecule has 2 aromatic rings. The summed E-state index contributed by atoms with van der Waals surface area (Å²) < 4.78 is 11.0. The quantitative estimate of drug-likeness (QED) is 0.850. The summed E-state index contributed by atoms with van der Waals surface area (Å²) in [5.41, 5.74) is 1.68. The lowest BCUT2D eigenvalue weighted by atomic mass is 9.98. The second-order valence-corrected chi connectivity index (χ2v) is 5.48. The van der Waals surface area contributed by atoms with Crippen molar-refractivity contribution in [2.75, 3.05) is 6.61 Å². The van der Waals surface area contributed by atoms with Gasteiger partial charge >= 0.3 is 0 Å². The van der Waals surface area contributed by atoms with Gasteiger partial charge in [-0.2, -0.15) is 0 Å². The number of nitrogens with zero attached hydrogens (tertiary/aromatic N) is 1. The van der Waals surface area contributed by atoms with Crippen molar-refractivity contribution in [3.8, 4) is 0 Å². The van der Waals surface area contributed by atoms with E-state index in [2.05, 4.69) is 0 Å². The van der Waals surface area contributed by atoms with Gasteiger partial charge < -0.3 is 14.1 Å². The van der Waals surface area contributed by atoms with Crippen LogP contribution in [0.2, 0.25) is 0 Å². The molecule has 21 heavy (non-hydrogen) atoms. The average molecular weight is 285 g/mol. The largest absolute Gasteiger partial charge is 0.472 e. The van der Waals surface area contributed by atoms with Gasteiger partial charge in [-0.15, -0.1) is 0 Å². The van der Waals surface area contributed by atoms with Crippen LogP contribution >= 0.6 is 0 Å². The number of benzene rings is 1. The summed E-state index contributed by atoms with van der Waals surface area (Å²) in [6.07, 6.45) is 2.92. The molecule has 0 N–H and O–H groups in total. The normalized spacial score (nSPS) is 25.8. The van der Waals surface area contributed by atoms with Gasteiger partial charge in [-0.1, -0.05) is 30.3 Å². The molecule has 2 heterocycles. The Morgan fingerprint density at radius 2 is 1.95 bits per heavy atom. The van der Waals surface area contributed by atoms with Crippen LogP contribution in [0.3, 0.4) is 0 Å². The number of morpholine rings is 1. The van der Waals surface area contributed by atoms with Crippen molar-refractivity contribution in [2.24, 2.45) is 0 Å². The Morgan fingerprint density at radius 3 is 2.62 bits per heavy atom. The number of furan rings is 1. The maximum Gasteiger partial charge on any atom is 0.257 e. The molecule has 1 aromatic heterocycles. The number of hydrogen-bond donors (Lipinski definition) is 0. The summed E-state index contributed by atoms with van der Waals surface area (Å²) in [7, 11) is 0. The molecule has 1 aliphatic heterocycles. The highest BCUT2D eigenvalue weighted by atomic mass is 16.5. The summed E-state index contributed by atoms with van der Waals surface area (Å²) >= 11 is 0. The van der Waals surface area contributed by atoms with Crippen molar-refractivity contribution in [3.05, 3.63) is 60.1 Å². The zero-order valence-corrected chi connectivity index (χ0v) is 12.2. The monoisotopic (exact) mass is 285 g/mol. The fourth-order valence-corrected chi connectivity index (χ4v) is 2.95.